The summed E-state index contributed by atoms with van der Waals surface area (Å²) < 4.78 is 66.5. The highest BCUT2D eigenvalue weighted by Gasteiger charge is 2.38. The van der Waals surface area contributed by atoms with Gasteiger partial charge in [-0.05, 0) is 24.3 Å². The average Bonchev–Trinajstić information content (AvgIpc) is 3.47. The summed E-state index contributed by atoms with van der Waals surface area (Å²) in [6, 6.07) is 8.42. The third-order valence-electron chi connectivity index (χ3n) is 5.06. The molecule has 0 aliphatic heterocycles. The molecule has 3 aromatic heterocycles. The van der Waals surface area contributed by atoms with E-state index in [0.29, 0.717) is 27.7 Å². The second-order valence-electron chi connectivity index (χ2n) is 7.47. The maximum Gasteiger partial charge on any atom is 0.490 e. The lowest BCUT2D eigenvalue weighted by atomic mass is 10.0. The van der Waals surface area contributed by atoms with Gasteiger partial charge < -0.3 is 24.4 Å². The first-order chi connectivity index (χ1) is 17.0. The van der Waals surface area contributed by atoms with E-state index in [-0.39, 0.29) is 11.3 Å². The highest BCUT2D eigenvalue weighted by molar-refractivity contribution is 5.98. The summed E-state index contributed by atoms with van der Waals surface area (Å²) in [7, 11) is 1.65. The van der Waals surface area contributed by atoms with Crippen LogP contribution in [-0.4, -0.2) is 36.8 Å². The molecular weight excluding hydrogens is 491 g/mol. The summed E-state index contributed by atoms with van der Waals surface area (Å²) in [6.07, 6.45) is -0.155. The lowest BCUT2D eigenvalue weighted by molar-refractivity contribution is -0.192. The highest BCUT2D eigenvalue weighted by atomic mass is 19.4. The molecule has 36 heavy (non-hydrogen) atoms. The minimum absolute atomic E-state index is 0.113. The fourth-order valence-corrected chi connectivity index (χ4v) is 3.42. The van der Waals surface area contributed by atoms with E-state index in [4.69, 9.17) is 14.6 Å². The number of aromatic amines is 2. The normalized spacial score (nSPS) is 11.4. The Bertz CT molecular complexity index is 1650. The molecule has 186 valence electrons. The molecule has 3 N–H and O–H groups in total. The van der Waals surface area contributed by atoms with Crippen molar-refractivity contribution in [1.82, 2.24) is 19.5 Å². The number of nitrogens with zero attached hydrogens (tertiary/aromatic N) is 2. The Kier molecular flexibility index (Phi) is 6.23. The molecular formula is C23H15F5N4O4. The van der Waals surface area contributed by atoms with Crippen LogP contribution >= 0.6 is 0 Å². The molecule has 0 spiro atoms. The van der Waals surface area contributed by atoms with Crippen LogP contribution in [0.2, 0.25) is 0 Å². The molecule has 0 amide bonds. The molecule has 0 aliphatic carbocycles. The number of carbonyl (C=O) groups is 1. The molecule has 0 radical (unpaired) electrons. The molecule has 0 atom stereocenters. The number of aryl methyl sites for hydroxylation is 1. The fraction of sp³-hybridized carbons (Fsp3) is 0.0870. The van der Waals surface area contributed by atoms with E-state index in [0.717, 1.165) is 23.2 Å². The smallest absolute Gasteiger partial charge is 0.475 e. The number of imidazole rings is 1. The van der Waals surface area contributed by atoms with Gasteiger partial charge in [0.05, 0.1) is 17.4 Å². The maximum atomic E-state index is 14.2. The first kappa shape index (κ1) is 24.4. The van der Waals surface area contributed by atoms with Gasteiger partial charge in [0.2, 0.25) is 0 Å². The summed E-state index contributed by atoms with van der Waals surface area (Å²) in [5, 5.41) is 7.83. The molecule has 3 heterocycles. The SMILES string of the molecule is Cn1cc(-c2cc3[nH]cnc3cc2Oc2ccc(F)cc2F)c2cc[nH]c2c1=O.O=C(O)C(F)(F)F. The van der Waals surface area contributed by atoms with E-state index in [2.05, 4.69) is 15.0 Å². The Morgan fingerprint density at radius 3 is 2.44 bits per heavy atom. The third kappa shape index (κ3) is 4.76. The number of benzene rings is 2. The van der Waals surface area contributed by atoms with Crippen LogP contribution in [-0.2, 0) is 11.8 Å². The second kappa shape index (κ2) is 9.17. The van der Waals surface area contributed by atoms with Crippen molar-refractivity contribution in [3.8, 4) is 22.6 Å². The van der Waals surface area contributed by atoms with Crippen molar-refractivity contribution in [3.05, 3.63) is 77.1 Å². The monoisotopic (exact) mass is 506 g/mol. The fourth-order valence-electron chi connectivity index (χ4n) is 3.42. The number of alkyl halides is 3. The first-order valence-electron chi connectivity index (χ1n) is 10.0. The van der Waals surface area contributed by atoms with Gasteiger partial charge in [0.15, 0.2) is 11.6 Å². The standard InChI is InChI=1S/C21H14F2N4O2.C2HF3O2/c1-27-9-14(12-4-5-24-20(12)21(27)28)13-7-16-17(26-10-25-16)8-19(13)29-18-3-2-11(22)6-15(18)23;3-2(4,5)1(6)7/h2-10,24H,1H3,(H,25,26);(H,6,7). The number of halogens is 5. The average molecular weight is 506 g/mol. The lowest BCUT2D eigenvalue weighted by Crippen LogP contribution is -2.21. The van der Waals surface area contributed by atoms with E-state index in [1.54, 1.807) is 37.9 Å². The van der Waals surface area contributed by atoms with Crippen molar-refractivity contribution in [3.63, 3.8) is 0 Å². The van der Waals surface area contributed by atoms with Gasteiger partial charge in [0.25, 0.3) is 5.56 Å². The summed E-state index contributed by atoms with van der Waals surface area (Å²) >= 11 is 0. The van der Waals surface area contributed by atoms with Gasteiger partial charge in [-0.3, -0.25) is 4.79 Å². The number of fused-ring (bicyclic) bond motifs is 2. The summed E-state index contributed by atoms with van der Waals surface area (Å²) in [4.78, 5) is 31.5. The number of carboxylic acid groups (broad SMARTS) is 1. The lowest BCUT2D eigenvalue weighted by Gasteiger charge is -2.14. The molecule has 0 aliphatic rings. The number of H-pyrrole nitrogens is 2. The molecule has 0 bridgehead atoms. The third-order valence-corrected chi connectivity index (χ3v) is 5.06. The van der Waals surface area contributed by atoms with Crippen LogP contribution in [0.5, 0.6) is 11.5 Å². The zero-order valence-corrected chi connectivity index (χ0v) is 18.2. The molecule has 0 fully saturated rings. The second-order valence-corrected chi connectivity index (χ2v) is 7.47. The maximum absolute atomic E-state index is 14.2. The Labute approximate surface area is 197 Å². The van der Waals surface area contributed by atoms with Crippen LogP contribution in [0.1, 0.15) is 0 Å². The number of rotatable bonds is 3. The van der Waals surface area contributed by atoms with E-state index in [1.807, 2.05) is 6.07 Å². The van der Waals surface area contributed by atoms with E-state index >= 15 is 0 Å². The van der Waals surface area contributed by atoms with Crippen LogP contribution in [0.15, 0.2) is 59.9 Å². The molecule has 2 aromatic carbocycles. The van der Waals surface area contributed by atoms with Crippen molar-refractivity contribution in [2.45, 2.75) is 6.18 Å². The van der Waals surface area contributed by atoms with Crippen molar-refractivity contribution in [2.24, 2.45) is 7.05 Å². The van der Waals surface area contributed by atoms with Crippen LogP contribution in [0, 0.1) is 11.6 Å². The molecule has 0 saturated heterocycles. The predicted octanol–water partition coefficient (Wildman–Crippen LogP) is 5.11. The van der Waals surface area contributed by atoms with E-state index in [9.17, 15) is 26.7 Å². The number of hydrogen-bond donors (Lipinski definition) is 3. The van der Waals surface area contributed by atoms with Crippen LogP contribution in [0.3, 0.4) is 0 Å². The number of hydrogen-bond acceptors (Lipinski definition) is 4. The van der Waals surface area contributed by atoms with Gasteiger partial charge in [-0.15, -0.1) is 0 Å². The van der Waals surface area contributed by atoms with Crippen molar-refractivity contribution >= 4 is 27.9 Å². The van der Waals surface area contributed by atoms with E-state index in [1.165, 1.54) is 10.6 Å². The number of pyridine rings is 1. The number of aromatic nitrogens is 4. The Morgan fingerprint density at radius 1 is 1.06 bits per heavy atom. The molecule has 0 saturated carbocycles. The van der Waals surface area contributed by atoms with Crippen molar-refractivity contribution in [1.29, 1.82) is 0 Å². The van der Waals surface area contributed by atoms with Gasteiger partial charge in [0.1, 0.15) is 17.1 Å². The summed E-state index contributed by atoms with van der Waals surface area (Å²) in [5.74, 6) is -4.04. The molecule has 5 aromatic rings. The van der Waals surface area contributed by atoms with Gasteiger partial charge in [-0.2, -0.15) is 13.2 Å². The Morgan fingerprint density at radius 2 is 1.78 bits per heavy atom. The van der Waals surface area contributed by atoms with Gasteiger partial charge in [0, 0.05) is 48.1 Å². The molecule has 0 unspecified atom stereocenters. The number of carboxylic acids is 1. The number of aliphatic carboxylic acids is 1. The zero-order chi connectivity index (χ0) is 26.2. The quantitative estimate of drug-likeness (QED) is 0.294. The minimum Gasteiger partial charge on any atom is -0.475 e. The van der Waals surface area contributed by atoms with Crippen LogP contribution in [0.25, 0.3) is 33.1 Å². The summed E-state index contributed by atoms with van der Waals surface area (Å²) in [6.45, 7) is 0. The Balaban J connectivity index is 0.000000384. The van der Waals surface area contributed by atoms with Crippen LogP contribution in [0.4, 0.5) is 22.0 Å². The number of ether oxygens (including phenoxy) is 1. The number of nitrogens with one attached hydrogen (secondary N) is 2. The largest absolute Gasteiger partial charge is 0.490 e. The Hall–Kier alpha value is -4.68. The molecule has 13 heteroatoms. The van der Waals surface area contributed by atoms with Gasteiger partial charge in [-0.1, -0.05) is 0 Å². The van der Waals surface area contributed by atoms with E-state index < -0.39 is 23.8 Å². The van der Waals surface area contributed by atoms with Crippen molar-refractivity contribution in [2.75, 3.05) is 0 Å². The molecule has 5 rings (SSSR count). The minimum atomic E-state index is -5.08. The van der Waals surface area contributed by atoms with Gasteiger partial charge in [-0.25, -0.2) is 18.6 Å². The highest BCUT2D eigenvalue weighted by Crippen LogP contribution is 2.39. The molecule has 8 nitrogen and oxygen atoms in total. The summed E-state index contributed by atoms with van der Waals surface area (Å²) in [5.41, 5.74) is 3.02. The topological polar surface area (TPSA) is 113 Å². The zero-order valence-electron chi connectivity index (χ0n) is 18.2. The van der Waals surface area contributed by atoms with Crippen molar-refractivity contribution < 1.29 is 36.6 Å². The van der Waals surface area contributed by atoms with Crippen LogP contribution < -0.4 is 10.3 Å². The first-order valence-corrected chi connectivity index (χ1v) is 10.0. The van der Waals surface area contributed by atoms with Gasteiger partial charge >= 0.3 is 12.1 Å². The predicted molar refractivity (Wildman–Crippen MR) is 119 cm³/mol.